The van der Waals surface area contributed by atoms with Gasteiger partial charge < -0.3 is 31.9 Å². The number of hydrogen-bond donors (Lipinski definition) is 7. The molecule has 8 N–H and O–H groups in total. The first kappa shape index (κ1) is 52.6. The zero-order valence-electron chi connectivity index (χ0n) is 34.7. The van der Waals surface area contributed by atoms with E-state index in [1.807, 2.05) is 19.1 Å². The van der Waals surface area contributed by atoms with Crippen molar-refractivity contribution in [3.63, 3.8) is 0 Å². The molecule has 334 valence electrons. The Hall–Kier alpha value is -4.38. The van der Waals surface area contributed by atoms with Crippen LogP contribution in [0.15, 0.2) is 24.3 Å². The molecule has 0 aromatic heterocycles. The average molecular weight is 853 g/mol. The van der Waals surface area contributed by atoms with Crippen LogP contribution in [0.5, 0.6) is 0 Å². The van der Waals surface area contributed by atoms with Crippen LogP contribution in [-0.2, 0) is 38.9 Å². The Bertz CT molecular complexity index is 1570. The van der Waals surface area contributed by atoms with Crippen molar-refractivity contribution in [1.82, 2.24) is 16.0 Å². The molecule has 17 heteroatoms. The predicted molar refractivity (Wildman–Crippen MR) is 223 cm³/mol. The number of aryl methyl sites for hydroxylation is 1. The summed E-state index contributed by atoms with van der Waals surface area (Å²) >= 11 is 0. The van der Waals surface area contributed by atoms with Crippen molar-refractivity contribution in [3.8, 4) is 0 Å². The molecule has 0 aliphatic carbocycles. The van der Waals surface area contributed by atoms with Gasteiger partial charge in [-0.2, -0.15) is 8.42 Å². The minimum absolute atomic E-state index is 0.0809. The minimum atomic E-state index is -4.49. The fraction of sp³-hybridized carbons (Fsp3) is 0.690. The summed E-state index contributed by atoms with van der Waals surface area (Å²) in [6.45, 7) is 2.24. The van der Waals surface area contributed by atoms with Gasteiger partial charge in [-0.3, -0.25) is 38.1 Å². The molecule has 3 unspecified atom stereocenters. The van der Waals surface area contributed by atoms with Crippen molar-refractivity contribution in [2.24, 2.45) is 11.7 Å². The second-order valence-electron chi connectivity index (χ2n) is 15.4. The number of ketones is 1. The van der Waals surface area contributed by atoms with E-state index in [9.17, 15) is 51.6 Å². The Morgan fingerprint density at radius 3 is 1.61 bits per heavy atom. The molecule has 0 spiro atoms. The van der Waals surface area contributed by atoms with E-state index in [4.69, 9.17) is 10.8 Å². The van der Waals surface area contributed by atoms with Crippen LogP contribution in [0.1, 0.15) is 164 Å². The Morgan fingerprint density at radius 2 is 1.12 bits per heavy atom. The lowest BCUT2D eigenvalue weighted by molar-refractivity contribution is -0.144. The fourth-order valence-corrected chi connectivity index (χ4v) is 7.10. The van der Waals surface area contributed by atoms with E-state index < -0.39 is 82.2 Å². The van der Waals surface area contributed by atoms with Crippen molar-refractivity contribution < 1.29 is 56.7 Å². The van der Waals surface area contributed by atoms with E-state index >= 15 is 0 Å². The number of aliphatic carboxylic acids is 2. The van der Waals surface area contributed by atoms with Gasteiger partial charge in [0.2, 0.25) is 17.7 Å². The third-order valence-electron chi connectivity index (χ3n) is 10.1. The van der Waals surface area contributed by atoms with Crippen LogP contribution in [0.3, 0.4) is 0 Å². The number of nitrogens with two attached hydrogens (primary N) is 1. The molecule has 16 nitrogen and oxygen atoms in total. The van der Waals surface area contributed by atoms with Crippen LogP contribution in [0.2, 0.25) is 0 Å². The zero-order valence-corrected chi connectivity index (χ0v) is 35.5. The van der Waals surface area contributed by atoms with Gasteiger partial charge in [0.05, 0.1) is 17.7 Å². The van der Waals surface area contributed by atoms with Gasteiger partial charge in [0, 0.05) is 37.8 Å². The van der Waals surface area contributed by atoms with E-state index in [0.717, 1.165) is 69.8 Å². The van der Waals surface area contributed by atoms with Crippen molar-refractivity contribution in [2.75, 3.05) is 12.3 Å². The number of benzene rings is 1. The van der Waals surface area contributed by atoms with Crippen molar-refractivity contribution in [3.05, 3.63) is 35.4 Å². The highest BCUT2D eigenvalue weighted by Gasteiger charge is 2.29. The lowest BCUT2D eigenvalue weighted by Gasteiger charge is -2.20. The molecule has 1 aromatic rings. The predicted octanol–water partition coefficient (Wildman–Crippen LogP) is 5.39. The molecule has 0 saturated heterocycles. The molecule has 0 bridgehead atoms. The maximum atomic E-state index is 13.2. The van der Waals surface area contributed by atoms with E-state index in [-0.39, 0.29) is 38.0 Å². The molecule has 1 rings (SSSR count). The van der Waals surface area contributed by atoms with Gasteiger partial charge in [-0.25, -0.2) is 0 Å². The molecule has 0 aliphatic heterocycles. The highest BCUT2D eigenvalue weighted by atomic mass is 32.2. The molecule has 59 heavy (non-hydrogen) atoms. The number of amides is 4. The first-order chi connectivity index (χ1) is 28.0. The van der Waals surface area contributed by atoms with Gasteiger partial charge >= 0.3 is 11.9 Å². The molecule has 0 heterocycles. The maximum Gasteiger partial charge on any atom is 0.306 e. The molecule has 0 radical (unpaired) electrons. The zero-order chi connectivity index (χ0) is 44.1. The fourth-order valence-electron chi connectivity index (χ4n) is 6.57. The van der Waals surface area contributed by atoms with Crippen LogP contribution < -0.4 is 21.7 Å². The normalized spacial score (nSPS) is 12.8. The number of carboxylic acid groups (broad SMARTS) is 2. The lowest BCUT2D eigenvalue weighted by atomic mass is 9.93. The van der Waals surface area contributed by atoms with Gasteiger partial charge in [0.1, 0.15) is 6.04 Å². The summed E-state index contributed by atoms with van der Waals surface area (Å²) in [6, 6.07) is 4.68. The third kappa shape index (κ3) is 27.9. The van der Waals surface area contributed by atoms with Crippen LogP contribution in [0.4, 0.5) is 0 Å². The highest BCUT2D eigenvalue weighted by Crippen LogP contribution is 2.17. The summed E-state index contributed by atoms with van der Waals surface area (Å²) in [5, 5.41) is 26.3. The standard InChI is InChI=1S/C42H68N4O12S/c1-31-21-23-32(24-22-31)41(53)44-28-17-16-18-35(40(43)52)46-38(49)26-25-33(42(54)55)30-36(47)34(27-29-59(56,57)58)45-37(48)19-14-12-10-8-6-4-2-3-5-7-9-11-13-15-20-39(50)51/h21-24,33-35H,2-20,25-30H2,1H3,(H2,43,52)(H,44,53)(H,45,48)(H,46,49)(H,50,51)(H,54,55)(H,56,57,58). The summed E-state index contributed by atoms with van der Waals surface area (Å²) in [6.07, 6.45) is 13.8. The van der Waals surface area contributed by atoms with E-state index in [2.05, 4.69) is 16.0 Å². The maximum absolute atomic E-state index is 13.2. The van der Waals surface area contributed by atoms with Gasteiger partial charge in [0.25, 0.3) is 16.0 Å². The van der Waals surface area contributed by atoms with Crippen LogP contribution >= 0.6 is 0 Å². The molecule has 0 fully saturated rings. The van der Waals surface area contributed by atoms with Crippen LogP contribution in [0, 0.1) is 12.8 Å². The molecular formula is C42H68N4O12S. The van der Waals surface area contributed by atoms with Crippen molar-refractivity contribution in [1.29, 1.82) is 0 Å². The average Bonchev–Trinajstić information content (AvgIpc) is 3.16. The van der Waals surface area contributed by atoms with E-state index in [1.165, 1.54) is 19.3 Å². The molecule has 0 aliphatic rings. The van der Waals surface area contributed by atoms with Gasteiger partial charge in [-0.15, -0.1) is 0 Å². The van der Waals surface area contributed by atoms with Crippen LogP contribution in [-0.4, -0.2) is 88.9 Å². The highest BCUT2D eigenvalue weighted by molar-refractivity contribution is 7.85. The second kappa shape index (κ2) is 30.6. The quantitative estimate of drug-likeness (QED) is 0.0331. The Kier molecular flexibility index (Phi) is 27.3. The number of primary amides is 1. The summed E-state index contributed by atoms with van der Waals surface area (Å²) in [4.78, 5) is 85.5. The Balaban J connectivity index is 2.45. The topological polar surface area (TPSA) is 276 Å². The minimum Gasteiger partial charge on any atom is -0.481 e. The monoisotopic (exact) mass is 852 g/mol. The number of nitrogens with one attached hydrogen (secondary N) is 3. The first-order valence-corrected chi connectivity index (χ1v) is 22.7. The first-order valence-electron chi connectivity index (χ1n) is 21.1. The van der Waals surface area contributed by atoms with Gasteiger partial charge in [0.15, 0.2) is 5.78 Å². The van der Waals surface area contributed by atoms with Crippen molar-refractivity contribution in [2.45, 2.75) is 167 Å². The number of carbonyl (C=O) groups is 7. The SMILES string of the molecule is Cc1ccc(C(=O)NCCCCC(NC(=O)CCC(CC(=O)C(CCS(=O)(=O)O)NC(=O)CCCCCCCCCCCCCCCCC(=O)O)C(=O)O)C(N)=O)cc1. The van der Waals surface area contributed by atoms with E-state index in [1.54, 1.807) is 12.1 Å². The Morgan fingerprint density at radius 1 is 0.627 bits per heavy atom. The number of carboxylic acids is 2. The smallest absolute Gasteiger partial charge is 0.306 e. The van der Waals surface area contributed by atoms with Crippen molar-refractivity contribution >= 4 is 51.5 Å². The van der Waals surface area contributed by atoms with Crippen LogP contribution in [0.25, 0.3) is 0 Å². The number of carbonyl (C=O) groups excluding carboxylic acids is 5. The second-order valence-corrected chi connectivity index (χ2v) is 17.0. The summed E-state index contributed by atoms with van der Waals surface area (Å²) < 4.78 is 32.2. The molecule has 0 saturated carbocycles. The van der Waals surface area contributed by atoms with E-state index in [0.29, 0.717) is 31.4 Å². The van der Waals surface area contributed by atoms with Gasteiger partial charge in [-0.05, 0) is 64.0 Å². The third-order valence-corrected chi connectivity index (χ3v) is 10.9. The Labute approximate surface area is 349 Å². The summed E-state index contributed by atoms with van der Waals surface area (Å²) in [5.74, 6) is -7.25. The summed E-state index contributed by atoms with van der Waals surface area (Å²) in [5.41, 5.74) is 7.01. The molecule has 4 amide bonds. The molecular weight excluding hydrogens is 785 g/mol. The largest absolute Gasteiger partial charge is 0.481 e. The lowest BCUT2D eigenvalue weighted by Crippen LogP contribution is -2.45. The summed E-state index contributed by atoms with van der Waals surface area (Å²) in [7, 11) is -4.49. The number of unbranched alkanes of at least 4 members (excludes halogenated alkanes) is 14. The number of hydrogen-bond acceptors (Lipinski definition) is 9. The number of Topliss-reactive ketones (excluding diaryl/α,β-unsaturated/α-hetero) is 1. The molecule has 3 atom stereocenters. The van der Waals surface area contributed by atoms with Gasteiger partial charge in [-0.1, -0.05) is 94.7 Å². The molecule has 1 aromatic carbocycles. The number of rotatable bonds is 36.